The van der Waals surface area contributed by atoms with E-state index in [1.807, 2.05) is 6.07 Å². The topological polar surface area (TPSA) is 62.9 Å². The van der Waals surface area contributed by atoms with Crippen LogP contribution in [0.2, 0.25) is 0 Å². The Hall–Kier alpha value is -0.860. The lowest BCUT2D eigenvalue weighted by atomic mass is 9.92. The van der Waals surface area contributed by atoms with Gasteiger partial charge in [-0.2, -0.15) is 0 Å². The second-order valence-corrected chi connectivity index (χ2v) is 6.68. The van der Waals surface area contributed by atoms with E-state index < -0.39 is 0 Å². The number of morpholine rings is 1. The highest BCUT2D eigenvalue weighted by molar-refractivity contribution is 14.0. The van der Waals surface area contributed by atoms with Gasteiger partial charge in [0, 0.05) is 25.7 Å². The Morgan fingerprint density at radius 3 is 2.46 bits per heavy atom. The van der Waals surface area contributed by atoms with E-state index in [-0.39, 0.29) is 24.0 Å². The van der Waals surface area contributed by atoms with E-state index in [4.69, 9.17) is 10.5 Å². The van der Waals surface area contributed by atoms with Crippen LogP contribution in [0.3, 0.4) is 0 Å². The minimum Gasteiger partial charge on any atom is -0.379 e. The third-order valence-electron chi connectivity index (χ3n) is 5.12. The largest absolute Gasteiger partial charge is 0.379 e. The molecule has 0 amide bonds. The predicted octanol–water partition coefficient (Wildman–Crippen LogP) is 2.89. The van der Waals surface area contributed by atoms with E-state index in [2.05, 4.69) is 53.3 Å². The fourth-order valence-corrected chi connectivity index (χ4v) is 3.53. The Bertz CT molecular complexity index is 502. The maximum Gasteiger partial charge on any atom is 0.188 e. The van der Waals surface area contributed by atoms with E-state index in [0.717, 1.165) is 45.8 Å². The molecule has 1 heterocycles. The van der Waals surface area contributed by atoms with Crippen LogP contribution in [0.4, 0.5) is 0 Å². The fourth-order valence-electron chi connectivity index (χ4n) is 3.53. The van der Waals surface area contributed by atoms with Crippen LogP contribution in [-0.4, -0.2) is 56.3 Å². The minimum atomic E-state index is 0. The molecule has 1 aliphatic rings. The number of guanidine groups is 1. The normalized spacial score (nSPS) is 17.0. The van der Waals surface area contributed by atoms with Gasteiger partial charge in [-0.15, -0.1) is 24.0 Å². The Morgan fingerprint density at radius 2 is 1.85 bits per heavy atom. The van der Waals surface area contributed by atoms with Crippen molar-refractivity contribution in [2.75, 3.05) is 39.4 Å². The van der Waals surface area contributed by atoms with Crippen LogP contribution < -0.4 is 11.1 Å². The average Bonchev–Trinajstić information content (AvgIpc) is 2.66. The molecule has 1 aromatic rings. The van der Waals surface area contributed by atoms with Gasteiger partial charge in [-0.1, -0.05) is 57.0 Å². The van der Waals surface area contributed by atoms with Crippen LogP contribution in [0, 0.1) is 5.92 Å². The summed E-state index contributed by atoms with van der Waals surface area (Å²) in [6.07, 6.45) is 3.31. The highest BCUT2D eigenvalue weighted by Gasteiger charge is 2.26. The van der Waals surface area contributed by atoms with E-state index in [1.165, 1.54) is 18.4 Å². The van der Waals surface area contributed by atoms with Crippen molar-refractivity contribution in [1.82, 2.24) is 10.2 Å². The Labute approximate surface area is 175 Å². The standard InChI is InChI=1S/C20H34N4O.HI/c1-3-18(4-2)19(24-12-14-25-15-13-24)16-23-20(21)22-11-10-17-8-6-5-7-9-17;/h5-9,18-19H,3-4,10-16H2,1-2H3,(H3,21,22,23);1H. The van der Waals surface area contributed by atoms with Gasteiger partial charge >= 0.3 is 0 Å². The lowest BCUT2D eigenvalue weighted by Gasteiger charge is -2.38. The Morgan fingerprint density at radius 1 is 1.19 bits per heavy atom. The van der Waals surface area contributed by atoms with Crippen molar-refractivity contribution >= 4 is 29.9 Å². The van der Waals surface area contributed by atoms with Gasteiger partial charge < -0.3 is 15.8 Å². The van der Waals surface area contributed by atoms with E-state index in [1.54, 1.807) is 0 Å². The molecule has 5 nitrogen and oxygen atoms in total. The second kappa shape index (κ2) is 13.3. The van der Waals surface area contributed by atoms with Gasteiger partial charge in [-0.05, 0) is 17.9 Å². The molecule has 26 heavy (non-hydrogen) atoms. The smallest absolute Gasteiger partial charge is 0.188 e. The van der Waals surface area contributed by atoms with Gasteiger partial charge in [0.1, 0.15) is 0 Å². The number of aliphatic imine (C=N–C) groups is 1. The molecular weight excluding hydrogens is 439 g/mol. The summed E-state index contributed by atoms with van der Waals surface area (Å²) in [5.41, 5.74) is 7.41. The number of nitrogens with zero attached hydrogens (tertiary/aromatic N) is 2. The number of nitrogens with one attached hydrogen (secondary N) is 1. The predicted molar refractivity (Wildman–Crippen MR) is 120 cm³/mol. The second-order valence-electron chi connectivity index (χ2n) is 6.68. The van der Waals surface area contributed by atoms with Crippen molar-refractivity contribution < 1.29 is 4.74 Å². The molecule has 1 aliphatic heterocycles. The van der Waals surface area contributed by atoms with E-state index in [0.29, 0.717) is 17.9 Å². The molecule has 0 aromatic heterocycles. The summed E-state index contributed by atoms with van der Waals surface area (Å²) in [4.78, 5) is 7.18. The van der Waals surface area contributed by atoms with Crippen LogP contribution in [0.5, 0.6) is 0 Å². The van der Waals surface area contributed by atoms with Gasteiger partial charge in [-0.25, -0.2) is 0 Å². The van der Waals surface area contributed by atoms with E-state index in [9.17, 15) is 0 Å². The highest BCUT2D eigenvalue weighted by atomic mass is 127. The molecule has 1 atom stereocenters. The fraction of sp³-hybridized carbons (Fsp3) is 0.650. The SMILES string of the molecule is CCC(CC)C(CN=C(N)NCCc1ccccc1)N1CCOCC1.I. The molecule has 0 aliphatic carbocycles. The van der Waals surface area contributed by atoms with Crippen molar-refractivity contribution in [2.24, 2.45) is 16.6 Å². The number of benzene rings is 1. The van der Waals surface area contributed by atoms with Crippen molar-refractivity contribution in [3.8, 4) is 0 Å². The molecule has 6 heteroatoms. The Balaban J connectivity index is 0.00000338. The molecule has 1 unspecified atom stereocenters. The lowest BCUT2D eigenvalue weighted by Crippen LogP contribution is -2.49. The zero-order valence-corrected chi connectivity index (χ0v) is 18.5. The first-order valence-electron chi connectivity index (χ1n) is 9.64. The summed E-state index contributed by atoms with van der Waals surface area (Å²) >= 11 is 0. The Kier molecular flexibility index (Phi) is 11.9. The average molecular weight is 474 g/mol. The van der Waals surface area contributed by atoms with Crippen LogP contribution in [0.25, 0.3) is 0 Å². The van der Waals surface area contributed by atoms with Gasteiger partial charge in [0.05, 0.1) is 19.8 Å². The van der Waals surface area contributed by atoms with Crippen LogP contribution in [0.1, 0.15) is 32.3 Å². The first-order valence-corrected chi connectivity index (χ1v) is 9.64. The van der Waals surface area contributed by atoms with Gasteiger partial charge in [0.25, 0.3) is 0 Å². The highest BCUT2D eigenvalue weighted by Crippen LogP contribution is 2.20. The number of ether oxygens (including phenoxy) is 1. The van der Waals surface area contributed by atoms with Crippen LogP contribution >= 0.6 is 24.0 Å². The van der Waals surface area contributed by atoms with Crippen molar-refractivity contribution in [3.63, 3.8) is 0 Å². The van der Waals surface area contributed by atoms with Crippen molar-refractivity contribution in [1.29, 1.82) is 0 Å². The molecule has 0 spiro atoms. The molecular formula is C20H35IN4O. The number of halogens is 1. The lowest BCUT2D eigenvalue weighted by molar-refractivity contribution is 0.00396. The van der Waals surface area contributed by atoms with Crippen molar-refractivity contribution in [3.05, 3.63) is 35.9 Å². The molecule has 1 saturated heterocycles. The molecule has 0 saturated carbocycles. The molecule has 3 N–H and O–H groups in total. The maximum absolute atomic E-state index is 6.09. The summed E-state index contributed by atoms with van der Waals surface area (Å²) in [6.45, 7) is 9.76. The van der Waals surface area contributed by atoms with Crippen LogP contribution in [-0.2, 0) is 11.2 Å². The molecule has 0 radical (unpaired) electrons. The number of nitrogens with two attached hydrogens (primary N) is 1. The summed E-state index contributed by atoms with van der Waals surface area (Å²) in [7, 11) is 0. The first kappa shape index (κ1) is 23.2. The molecule has 0 bridgehead atoms. The van der Waals surface area contributed by atoms with Crippen molar-refractivity contribution in [2.45, 2.75) is 39.2 Å². The van der Waals surface area contributed by atoms with Gasteiger partial charge in [0.2, 0.25) is 0 Å². The number of hydrogen-bond donors (Lipinski definition) is 2. The number of rotatable bonds is 9. The van der Waals surface area contributed by atoms with Gasteiger partial charge in [0.15, 0.2) is 5.96 Å². The zero-order chi connectivity index (χ0) is 17.9. The zero-order valence-electron chi connectivity index (χ0n) is 16.2. The first-order chi connectivity index (χ1) is 12.2. The van der Waals surface area contributed by atoms with Gasteiger partial charge in [-0.3, -0.25) is 9.89 Å². The third-order valence-corrected chi connectivity index (χ3v) is 5.12. The van der Waals surface area contributed by atoms with E-state index >= 15 is 0 Å². The quantitative estimate of drug-likeness (QED) is 0.328. The molecule has 148 valence electrons. The molecule has 1 fully saturated rings. The minimum absolute atomic E-state index is 0. The summed E-state index contributed by atoms with van der Waals surface area (Å²) in [5, 5.41) is 3.25. The summed E-state index contributed by atoms with van der Waals surface area (Å²) in [5.74, 6) is 1.21. The molecule has 1 aromatic carbocycles. The third kappa shape index (κ3) is 7.80. The molecule has 2 rings (SSSR count). The van der Waals surface area contributed by atoms with Crippen LogP contribution in [0.15, 0.2) is 35.3 Å². The maximum atomic E-state index is 6.09. The monoisotopic (exact) mass is 474 g/mol. The summed E-state index contributed by atoms with van der Waals surface area (Å²) < 4.78 is 5.50. The summed E-state index contributed by atoms with van der Waals surface area (Å²) in [6, 6.07) is 10.9. The number of hydrogen-bond acceptors (Lipinski definition) is 3.